The summed E-state index contributed by atoms with van der Waals surface area (Å²) < 4.78 is 34.3. The summed E-state index contributed by atoms with van der Waals surface area (Å²) >= 11 is 6.40. The van der Waals surface area contributed by atoms with E-state index in [0.29, 0.717) is 29.1 Å². The van der Waals surface area contributed by atoms with Crippen molar-refractivity contribution in [1.29, 1.82) is 0 Å². The fourth-order valence-electron chi connectivity index (χ4n) is 4.67. The Morgan fingerprint density at radius 1 is 1.17 bits per heavy atom. The maximum Gasteiger partial charge on any atom is 0.251 e. The zero-order valence-electron chi connectivity index (χ0n) is 18.9. The van der Waals surface area contributed by atoms with Crippen molar-refractivity contribution in [3.8, 4) is 22.4 Å². The van der Waals surface area contributed by atoms with Crippen LogP contribution >= 0.6 is 11.6 Å². The highest BCUT2D eigenvalue weighted by Crippen LogP contribution is 2.37. The molecular weight excluding hydrogens is 474 g/mol. The molecule has 6 nitrogen and oxygen atoms in total. The molecule has 3 heterocycles. The van der Waals surface area contributed by atoms with Crippen LogP contribution < -0.4 is 10.6 Å². The largest absolute Gasteiger partial charge is 0.472 e. The van der Waals surface area contributed by atoms with Gasteiger partial charge in [0.2, 0.25) is 0 Å². The Labute approximate surface area is 205 Å². The van der Waals surface area contributed by atoms with Gasteiger partial charge in [-0.25, -0.2) is 8.78 Å². The van der Waals surface area contributed by atoms with Crippen molar-refractivity contribution >= 4 is 17.5 Å². The van der Waals surface area contributed by atoms with Crippen LogP contribution in [0.25, 0.3) is 22.4 Å². The molecule has 0 spiro atoms. The summed E-state index contributed by atoms with van der Waals surface area (Å²) in [6.07, 6.45) is 5.44. The second-order valence-corrected chi connectivity index (χ2v) is 9.00. The van der Waals surface area contributed by atoms with Gasteiger partial charge in [-0.1, -0.05) is 23.7 Å². The number of halogens is 3. The first kappa shape index (κ1) is 23.3. The van der Waals surface area contributed by atoms with Crippen LogP contribution in [0.5, 0.6) is 0 Å². The quantitative estimate of drug-likeness (QED) is 0.400. The Hall–Kier alpha value is -3.49. The van der Waals surface area contributed by atoms with Crippen LogP contribution in [0.3, 0.4) is 0 Å². The number of nitrogens with zero attached hydrogens (tertiary/aromatic N) is 2. The second-order valence-electron chi connectivity index (χ2n) is 8.59. The molecule has 0 aliphatic carbocycles. The van der Waals surface area contributed by atoms with Crippen molar-refractivity contribution in [3.63, 3.8) is 0 Å². The van der Waals surface area contributed by atoms with Gasteiger partial charge < -0.3 is 15.1 Å². The minimum Gasteiger partial charge on any atom is -0.472 e. The Morgan fingerprint density at radius 3 is 2.74 bits per heavy atom. The summed E-state index contributed by atoms with van der Waals surface area (Å²) in [6, 6.07) is 10.8. The molecule has 1 aliphatic rings. The Kier molecular flexibility index (Phi) is 6.40. The summed E-state index contributed by atoms with van der Waals surface area (Å²) in [6.45, 7) is 1.24. The number of hydrogen-bond donors (Lipinski definition) is 2. The van der Waals surface area contributed by atoms with Crippen molar-refractivity contribution in [2.45, 2.75) is 18.4 Å². The predicted molar refractivity (Wildman–Crippen MR) is 129 cm³/mol. The van der Waals surface area contributed by atoms with E-state index in [2.05, 4.69) is 15.7 Å². The number of furan rings is 1. The zero-order valence-corrected chi connectivity index (χ0v) is 19.7. The maximum absolute atomic E-state index is 13.9. The van der Waals surface area contributed by atoms with E-state index in [0.717, 1.165) is 35.0 Å². The Balaban J connectivity index is 1.46. The lowest BCUT2D eigenvalue weighted by Gasteiger charge is -2.33. The number of hydrogen-bond acceptors (Lipinski definition) is 4. The highest BCUT2D eigenvalue weighted by atomic mass is 35.5. The van der Waals surface area contributed by atoms with Crippen LogP contribution in [0.4, 0.5) is 8.78 Å². The molecule has 0 saturated carbocycles. The normalized spacial score (nSPS) is 17.9. The molecule has 0 radical (unpaired) electrons. The van der Waals surface area contributed by atoms with Crippen molar-refractivity contribution in [3.05, 3.63) is 89.0 Å². The van der Waals surface area contributed by atoms with Crippen molar-refractivity contribution < 1.29 is 18.0 Å². The van der Waals surface area contributed by atoms with Gasteiger partial charge >= 0.3 is 0 Å². The third-order valence-corrected chi connectivity index (χ3v) is 6.71. The minimum absolute atomic E-state index is 0.142. The summed E-state index contributed by atoms with van der Waals surface area (Å²) in [5.74, 6) is -2.18. The van der Waals surface area contributed by atoms with Gasteiger partial charge in [-0.3, -0.25) is 9.48 Å². The molecule has 9 heteroatoms. The van der Waals surface area contributed by atoms with E-state index in [4.69, 9.17) is 16.0 Å². The maximum atomic E-state index is 13.9. The number of rotatable bonds is 5. The van der Waals surface area contributed by atoms with E-state index >= 15 is 0 Å². The molecule has 180 valence electrons. The highest BCUT2D eigenvalue weighted by molar-refractivity contribution is 6.33. The molecule has 1 fully saturated rings. The number of piperidine rings is 1. The van der Waals surface area contributed by atoms with Gasteiger partial charge in [0.25, 0.3) is 5.91 Å². The van der Waals surface area contributed by atoms with E-state index in [1.54, 1.807) is 48.7 Å². The molecule has 0 bridgehead atoms. The topological polar surface area (TPSA) is 72.1 Å². The molecule has 2 atom stereocenters. The number of nitrogens with one attached hydrogen (secondary N) is 2. The van der Waals surface area contributed by atoms with Crippen LogP contribution in [0, 0.1) is 11.6 Å². The van der Waals surface area contributed by atoms with Crippen molar-refractivity contribution in [1.82, 2.24) is 20.4 Å². The highest BCUT2D eigenvalue weighted by Gasteiger charge is 2.29. The summed E-state index contributed by atoms with van der Waals surface area (Å²) in [4.78, 5) is 13.3. The molecule has 2 aromatic heterocycles. The predicted octanol–water partition coefficient (Wildman–Crippen LogP) is 5.15. The molecule has 35 heavy (non-hydrogen) atoms. The lowest BCUT2D eigenvalue weighted by Crippen LogP contribution is -2.50. The van der Waals surface area contributed by atoms with Crippen LogP contribution in [0.2, 0.25) is 5.02 Å². The Morgan fingerprint density at radius 2 is 2.03 bits per heavy atom. The molecule has 1 aliphatic heterocycles. The summed E-state index contributed by atoms with van der Waals surface area (Å²) in [7, 11) is 1.80. The molecule has 2 N–H and O–H groups in total. The third-order valence-electron chi connectivity index (χ3n) is 6.43. The van der Waals surface area contributed by atoms with Crippen molar-refractivity contribution in [2.24, 2.45) is 7.05 Å². The first-order valence-electron chi connectivity index (χ1n) is 11.2. The van der Waals surface area contributed by atoms with Crippen LogP contribution in [-0.4, -0.2) is 34.8 Å². The van der Waals surface area contributed by atoms with Crippen LogP contribution in [0.15, 0.2) is 65.6 Å². The van der Waals surface area contributed by atoms with Gasteiger partial charge in [-0.15, -0.1) is 0 Å². The molecule has 5 rings (SSSR count). The Bertz CT molecular complexity index is 1350. The van der Waals surface area contributed by atoms with Gasteiger partial charge in [-0.2, -0.15) is 5.10 Å². The lowest BCUT2D eigenvalue weighted by atomic mass is 9.85. The van der Waals surface area contributed by atoms with Crippen LogP contribution in [0.1, 0.15) is 28.3 Å². The number of amides is 1. The average molecular weight is 497 g/mol. The van der Waals surface area contributed by atoms with Gasteiger partial charge in [0.15, 0.2) is 11.6 Å². The SMILES string of the molecule is Cn1ncc(Cl)c1-c1ccc(C(=O)N[C@@H]2CNCCC2c2ccc(F)c(F)c2)cc1-c1ccoc1. The summed E-state index contributed by atoms with van der Waals surface area (Å²) in [5.41, 5.74) is 4.23. The lowest BCUT2D eigenvalue weighted by molar-refractivity contribution is 0.0924. The summed E-state index contributed by atoms with van der Waals surface area (Å²) in [5, 5.41) is 11.1. The number of aryl methyl sites for hydroxylation is 1. The van der Waals surface area contributed by atoms with Gasteiger partial charge in [0, 0.05) is 42.2 Å². The van der Waals surface area contributed by atoms with E-state index in [9.17, 15) is 13.6 Å². The molecule has 1 saturated heterocycles. The second kappa shape index (κ2) is 9.64. The smallest absolute Gasteiger partial charge is 0.251 e. The fourth-order valence-corrected chi connectivity index (χ4v) is 4.93. The van der Waals surface area contributed by atoms with Gasteiger partial charge in [-0.05, 0) is 54.4 Å². The van der Waals surface area contributed by atoms with E-state index in [-0.39, 0.29) is 17.9 Å². The average Bonchev–Trinajstić information content (AvgIpc) is 3.51. The fraction of sp³-hybridized carbons (Fsp3) is 0.231. The number of carbonyl (C=O) groups excluding carboxylic acids is 1. The first-order chi connectivity index (χ1) is 16.9. The van der Waals surface area contributed by atoms with Gasteiger partial charge in [0.05, 0.1) is 29.4 Å². The van der Waals surface area contributed by atoms with E-state index in [1.807, 2.05) is 12.1 Å². The molecule has 2 aromatic carbocycles. The zero-order chi connectivity index (χ0) is 24.5. The third kappa shape index (κ3) is 4.59. The number of carbonyl (C=O) groups is 1. The molecule has 1 amide bonds. The number of benzene rings is 2. The minimum atomic E-state index is -0.889. The molecule has 1 unspecified atom stereocenters. The van der Waals surface area contributed by atoms with Gasteiger partial charge in [0.1, 0.15) is 0 Å². The number of aromatic nitrogens is 2. The van der Waals surface area contributed by atoms with E-state index < -0.39 is 11.6 Å². The molecular formula is C26H23ClF2N4O2. The van der Waals surface area contributed by atoms with Crippen LogP contribution in [-0.2, 0) is 7.05 Å². The van der Waals surface area contributed by atoms with E-state index in [1.165, 1.54) is 6.07 Å². The van der Waals surface area contributed by atoms with Crippen molar-refractivity contribution in [2.75, 3.05) is 13.1 Å². The molecule has 4 aromatic rings. The monoisotopic (exact) mass is 496 g/mol. The standard InChI is InChI=1S/C26H23ClF2N4O2/c1-33-25(21(27)12-31-33)19-4-2-16(10-20(19)17-7-9-35-14-17)26(34)32-24-13-30-8-6-18(24)15-3-5-22(28)23(29)11-15/h2-5,7,9-12,14,18,24,30H,6,8,13H2,1H3,(H,32,34)/t18?,24-/m1/s1. The first-order valence-corrected chi connectivity index (χ1v) is 11.6.